The van der Waals surface area contributed by atoms with E-state index in [4.69, 9.17) is 23.7 Å². The molecular weight excluding hydrogens is 226 g/mol. The summed E-state index contributed by atoms with van der Waals surface area (Å²) in [7, 11) is 1.95. The molecule has 0 aliphatic heterocycles. The van der Waals surface area contributed by atoms with Gasteiger partial charge in [-0.25, -0.2) is 0 Å². The second-order valence-corrected chi connectivity index (χ2v) is 6.59. The quantitative estimate of drug-likeness (QED) is 0.462. The summed E-state index contributed by atoms with van der Waals surface area (Å²) < 4.78 is 21.7. The molecule has 1 unspecified atom stereocenters. The highest BCUT2D eigenvalue weighted by Crippen LogP contribution is 2.15. The highest BCUT2D eigenvalue weighted by Gasteiger charge is 2.47. The Bertz CT molecular complexity index is 159. The number of hydrogen-bond donors (Lipinski definition) is 1. The van der Waals surface area contributed by atoms with E-state index in [-0.39, 0.29) is 5.73 Å². The molecule has 16 heavy (non-hydrogen) atoms. The minimum atomic E-state index is -2.75. The van der Waals surface area contributed by atoms with Gasteiger partial charge in [-0.05, 0) is 6.42 Å². The minimum absolute atomic E-state index is 0.288. The highest BCUT2D eigenvalue weighted by atomic mass is 28.4. The maximum atomic E-state index is 5.69. The van der Waals surface area contributed by atoms with Gasteiger partial charge in [-0.3, -0.25) is 0 Å². The summed E-state index contributed by atoms with van der Waals surface area (Å²) in [5.74, 6) is 0. The van der Waals surface area contributed by atoms with E-state index in [0.717, 1.165) is 19.3 Å². The van der Waals surface area contributed by atoms with E-state index in [9.17, 15) is 0 Å². The third-order valence-electron chi connectivity index (χ3n) is 2.53. The first-order valence-electron chi connectivity index (χ1n) is 5.67. The van der Waals surface area contributed by atoms with Crippen LogP contribution in [0.4, 0.5) is 0 Å². The van der Waals surface area contributed by atoms with Gasteiger partial charge in [-0.15, -0.1) is 0 Å². The Morgan fingerprint density at radius 2 is 1.62 bits per heavy atom. The van der Waals surface area contributed by atoms with Crippen molar-refractivity contribution in [2.45, 2.75) is 31.9 Å². The van der Waals surface area contributed by atoms with Gasteiger partial charge in [0.25, 0.3) is 0 Å². The smallest absolute Gasteiger partial charge is 0.375 e. The molecule has 0 aromatic carbocycles. The molecule has 0 rings (SSSR count). The maximum Gasteiger partial charge on any atom is 0.531 e. The van der Waals surface area contributed by atoms with Crippen LogP contribution in [0.25, 0.3) is 0 Å². The average molecular weight is 251 g/mol. The Morgan fingerprint density at radius 1 is 1.06 bits per heavy atom. The van der Waals surface area contributed by atoms with Gasteiger partial charge in [-0.2, -0.15) is 0 Å². The summed E-state index contributed by atoms with van der Waals surface area (Å²) in [6.45, 7) is 3.16. The third kappa shape index (κ3) is 4.48. The Kier molecular flexibility index (Phi) is 9.10. The van der Waals surface area contributed by atoms with Crippen molar-refractivity contribution in [3.63, 3.8) is 0 Å². The first-order chi connectivity index (χ1) is 7.70. The zero-order chi connectivity index (χ0) is 12.4. The monoisotopic (exact) mass is 251 g/mol. The standard InChI is InChI=1S/C10H25NO4Si/c1-5-6-7-8-15-10(9-11)16(12-2,13-3)14-4/h10H,5-9,11H2,1-4H3. The Hall–Kier alpha value is 0.0169. The van der Waals surface area contributed by atoms with Crippen molar-refractivity contribution >= 4 is 8.80 Å². The van der Waals surface area contributed by atoms with Crippen LogP contribution in [0.5, 0.6) is 0 Å². The van der Waals surface area contributed by atoms with E-state index in [2.05, 4.69) is 6.92 Å². The molecule has 0 aromatic heterocycles. The average Bonchev–Trinajstić information content (AvgIpc) is 2.34. The van der Waals surface area contributed by atoms with Crippen molar-refractivity contribution in [2.24, 2.45) is 5.73 Å². The molecule has 0 fully saturated rings. The van der Waals surface area contributed by atoms with Crippen molar-refractivity contribution in [1.29, 1.82) is 0 Å². The summed E-state index contributed by atoms with van der Waals surface area (Å²) >= 11 is 0. The molecule has 0 saturated heterocycles. The van der Waals surface area contributed by atoms with Crippen LogP contribution in [-0.4, -0.2) is 49.0 Å². The number of ether oxygens (including phenoxy) is 1. The van der Waals surface area contributed by atoms with Crippen LogP contribution in [0.1, 0.15) is 26.2 Å². The molecule has 6 heteroatoms. The molecule has 1 atom stereocenters. The number of nitrogens with two attached hydrogens (primary N) is 1. The second-order valence-electron chi connectivity index (χ2n) is 3.52. The molecule has 0 aromatic rings. The van der Waals surface area contributed by atoms with Gasteiger partial charge in [0, 0.05) is 34.5 Å². The molecule has 0 heterocycles. The fourth-order valence-electron chi connectivity index (χ4n) is 1.54. The number of hydrogen-bond acceptors (Lipinski definition) is 5. The van der Waals surface area contributed by atoms with E-state index >= 15 is 0 Å². The van der Waals surface area contributed by atoms with Crippen LogP contribution in [0.15, 0.2) is 0 Å². The van der Waals surface area contributed by atoms with Gasteiger partial charge in [0.05, 0.1) is 0 Å². The zero-order valence-corrected chi connectivity index (χ0v) is 11.8. The normalized spacial score (nSPS) is 14.1. The second kappa shape index (κ2) is 9.09. The van der Waals surface area contributed by atoms with Crippen molar-refractivity contribution in [3.8, 4) is 0 Å². The van der Waals surface area contributed by atoms with Crippen molar-refractivity contribution in [1.82, 2.24) is 0 Å². The van der Waals surface area contributed by atoms with E-state index in [1.165, 1.54) is 0 Å². The lowest BCUT2D eigenvalue weighted by Crippen LogP contribution is -2.58. The molecular formula is C10H25NO4Si. The highest BCUT2D eigenvalue weighted by molar-refractivity contribution is 6.62. The molecule has 0 radical (unpaired) electrons. The Morgan fingerprint density at radius 3 is 2.00 bits per heavy atom. The van der Waals surface area contributed by atoms with Crippen molar-refractivity contribution < 1.29 is 18.0 Å². The summed E-state index contributed by atoms with van der Waals surface area (Å²) in [4.78, 5) is 0. The molecule has 0 aliphatic rings. The molecule has 0 aliphatic carbocycles. The number of rotatable bonds is 10. The van der Waals surface area contributed by atoms with Gasteiger partial charge in [0.15, 0.2) is 0 Å². The Labute approximate surface area is 99.6 Å². The topological polar surface area (TPSA) is 62.9 Å². The summed E-state index contributed by atoms with van der Waals surface area (Å²) in [5, 5.41) is 0. The molecule has 98 valence electrons. The van der Waals surface area contributed by atoms with Gasteiger partial charge in [-0.1, -0.05) is 19.8 Å². The first kappa shape index (κ1) is 16.0. The maximum absolute atomic E-state index is 5.69. The fourth-order valence-corrected chi connectivity index (χ4v) is 3.44. The van der Waals surface area contributed by atoms with Gasteiger partial charge < -0.3 is 23.7 Å². The van der Waals surface area contributed by atoms with Crippen LogP contribution in [-0.2, 0) is 18.0 Å². The van der Waals surface area contributed by atoms with Crippen LogP contribution in [0.3, 0.4) is 0 Å². The lowest BCUT2D eigenvalue weighted by atomic mass is 10.3. The van der Waals surface area contributed by atoms with Crippen LogP contribution < -0.4 is 5.73 Å². The largest absolute Gasteiger partial charge is 0.531 e. The lowest BCUT2D eigenvalue weighted by Gasteiger charge is -2.31. The minimum Gasteiger partial charge on any atom is -0.375 e. The molecule has 0 saturated carbocycles. The van der Waals surface area contributed by atoms with Crippen molar-refractivity contribution in [3.05, 3.63) is 0 Å². The molecule has 0 bridgehead atoms. The summed E-state index contributed by atoms with van der Waals surface area (Å²) in [6.07, 6.45) is 3.34. The molecule has 2 N–H and O–H groups in total. The predicted octanol–water partition coefficient (Wildman–Crippen LogP) is 0.938. The Balaban J connectivity index is 4.21. The van der Waals surface area contributed by atoms with Gasteiger partial charge in [0.2, 0.25) is 0 Å². The van der Waals surface area contributed by atoms with Gasteiger partial charge >= 0.3 is 8.80 Å². The predicted molar refractivity (Wildman–Crippen MR) is 65.1 cm³/mol. The van der Waals surface area contributed by atoms with Crippen LogP contribution in [0.2, 0.25) is 0 Å². The van der Waals surface area contributed by atoms with E-state index in [0.29, 0.717) is 13.2 Å². The first-order valence-corrected chi connectivity index (χ1v) is 7.48. The lowest BCUT2D eigenvalue weighted by molar-refractivity contribution is 0.0158. The molecule has 0 spiro atoms. The fraction of sp³-hybridized carbons (Fsp3) is 1.00. The number of unbranched alkanes of at least 4 members (excludes halogenated alkanes) is 2. The van der Waals surface area contributed by atoms with E-state index in [1.54, 1.807) is 21.3 Å². The van der Waals surface area contributed by atoms with Crippen LogP contribution >= 0.6 is 0 Å². The third-order valence-corrected chi connectivity index (χ3v) is 5.43. The molecule has 0 amide bonds. The van der Waals surface area contributed by atoms with Gasteiger partial charge in [0.1, 0.15) is 5.73 Å². The van der Waals surface area contributed by atoms with E-state index in [1.807, 2.05) is 0 Å². The van der Waals surface area contributed by atoms with Crippen molar-refractivity contribution in [2.75, 3.05) is 34.5 Å². The van der Waals surface area contributed by atoms with E-state index < -0.39 is 8.80 Å². The molecule has 5 nitrogen and oxygen atoms in total. The zero-order valence-electron chi connectivity index (χ0n) is 10.8. The summed E-state index contributed by atoms with van der Waals surface area (Å²) in [6, 6.07) is 0. The van der Waals surface area contributed by atoms with Crippen LogP contribution in [0, 0.1) is 0 Å². The SMILES string of the molecule is CCCCCOC(CN)[Si](OC)(OC)OC. The summed E-state index contributed by atoms with van der Waals surface area (Å²) in [5.41, 5.74) is 5.38.